The number of aryl methyl sites for hydroxylation is 1. The van der Waals surface area contributed by atoms with Crippen LogP contribution in [0, 0.1) is 12.3 Å². The van der Waals surface area contributed by atoms with Crippen LogP contribution in [0.1, 0.15) is 49.1 Å². The van der Waals surface area contributed by atoms with E-state index in [9.17, 15) is 4.79 Å². The van der Waals surface area contributed by atoms with Gasteiger partial charge in [-0.1, -0.05) is 18.2 Å². The molecular weight excluding hydrogens is 388 g/mol. The maximum atomic E-state index is 12.6. The van der Waals surface area contributed by atoms with Crippen LogP contribution in [0.25, 0.3) is 22.6 Å². The third-order valence-electron chi connectivity index (χ3n) is 7.57. The quantitative estimate of drug-likeness (QED) is 0.598. The fraction of sp³-hybridized carbons (Fsp3) is 0.462. The average Bonchev–Trinajstić information content (AvgIpc) is 3.16. The van der Waals surface area contributed by atoms with Crippen molar-refractivity contribution in [3.8, 4) is 11.5 Å². The van der Waals surface area contributed by atoms with Crippen LogP contribution in [0.15, 0.2) is 46.9 Å². The Morgan fingerprint density at radius 3 is 2.68 bits per heavy atom. The molecule has 0 bridgehead atoms. The van der Waals surface area contributed by atoms with Crippen molar-refractivity contribution in [2.75, 3.05) is 19.7 Å². The Kier molecular flexibility index (Phi) is 4.42. The summed E-state index contributed by atoms with van der Waals surface area (Å²) < 4.78 is 11.6. The zero-order valence-electron chi connectivity index (χ0n) is 18.0. The lowest BCUT2D eigenvalue weighted by molar-refractivity contribution is -0.142. The number of amides is 1. The van der Waals surface area contributed by atoms with Gasteiger partial charge in [0, 0.05) is 25.3 Å². The van der Waals surface area contributed by atoms with Crippen molar-refractivity contribution in [3.05, 3.63) is 53.6 Å². The second-order valence-corrected chi connectivity index (χ2v) is 9.56. The highest BCUT2D eigenvalue weighted by atomic mass is 16.5. The molecule has 1 spiro atoms. The molecule has 2 aliphatic heterocycles. The van der Waals surface area contributed by atoms with Gasteiger partial charge in [0.15, 0.2) is 5.58 Å². The van der Waals surface area contributed by atoms with Gasteiger partial charge in [-0.15, -0.1) is 0 Å². The largest absolute Gasteiger partial charge is 0.436 e. The maximum absolute atomic E-state index is 12.6. The second kappa shape index (κ2) is 7.20. The first-order valence-corrected chi connectivity index (χ1v) is 11.5. The molecule has 6 rings (SSSR count). The summed E-state index contributed by atoms with van der Waals surface area (Å²) in [6, 6.07) is 14.8. The number of carbonyl (C=O) groups is 1. The molecule has 1 saturated carbocycles. The summed E-state index contributed by atoms with van der Waals surface area (Å²) in [7, 11) is 0. The molecule has 31 heavy (non-hydrogen) atoms. The van der Waals surface area contributed by atoms with Crippen molar-refractivity contribution in [2.45, 2.75) is 51.0 Å². The molecule has 3 fully saturated rings. The standard InChI is InChI=1S/C26H28N2O3/c1-17-4-9-21-23(15-17)31-24(27-21)19-7-5-18(6-8-19)20-16-26(20)10-12-28(13-11-26)25(29)22-3-2-14-30-22/h4-9,15,20,22H,2-3,10-14,16H2,1H3. The first kappa shape index (κ1) is 19.1. The molecule has 3 heterocycles. The first-order chi connectivity index (χ1) is 15.1. The molecule has 2 aromatic carbocycles. The van der Waals surface area contributed by atoms with Gasteiger partial charge >= 0.3 is 0 Å². The van der Waals surface area contributed by atoms with Gasteiger partial charge < -0.3 is 14.1 Å². The summed E-state index contributed by atoms with van der Waals surface area (Å²) in [4.78, 5) is 19.3. The van der Waals surface area contributed by atoms with E-state index >= 15 is 0 Å². The minimum absolute atomic E-state index is 0.188. The van der Waals surface area contributed by atoms with E-state index in [1.807, 2.05) is 17.0 Å². The van der Waals surface area contributed by atoms with Crippen LogP contribution in [0.2, 0.25) is 0 Å². The van der Waals surface area contributed by atoms with Gasteiger partial charge in [0.1, 0.15) is 11.6 Å². The zero-order chi connectivity index (χ0) is 21.0. The summed E-state index contributed by atoms with van der Waals surface area (Å²) in [6.07, 6.45) is 5.14. The van der Waals surface area contributed by atoms with Crippen LogP contribution in [0.4, 0.5) is 0 Å². The van der Waals surface area contributed by atoms with E-state index < -0.39 is 0 Å². The van der Waals surface area contributed by atoms with Gasteiger partial charge in [0.2, 0.25) is 5.89 Å². The Hall–Kier alpha value is -2.66. The lowest BCUT2D eigenvalue weighted by Crippen LogP contribution is -2.44. The minimum atomic E-state index is -0.188. The van der Waals surface area contributed by atoms with Crippen molar-refractivity contribution in [2.24, 2.45) is 5.41 Å². The fourth-order valence-corrected chi connectivity index (χ4v) is 5.53. The summed E-state index contributed by atoms with van der Waals surface area (Å²) in [5.41, 5.74) is 5.70. The molecular formula is C26H28N2O3. The molecule has 1 amide bonds. The van der Waals surface area contributed by atoms with Crippen molar-refractivity contribution in [3.63, 3.8) is 0 Å². The maximum Gasteiger partial charge on any atom is 0.251 e. The Morgan fingerprint density at radius 1 is 1.13 bits per heavy atom. The van der Waals surface area contributed by atoms with Gasteiger partial charge in [-0.2, -0.15) is 0 Å². The normalized spacial score (nSPS) is 24.7. The Morgan fingerprint density at radius 2 is 1.94 bits per heavy atom. The predicted molar refractivity (Wildman–Crippen MR) is 119 cm³/mol. The molecule has 3 aromatic rings. The van der Waals surface area contributed by atoms with Gasteiger partial charge in [-0.3, -0.25) is 4.79 Å². The predicted octanol–water partition coefficient (Wildman–Crippen LogP) is 5.08. The van der Waals surface area contributed by atoms with Gasteiger partial charge in [0.25, 0.3) is 5.91 Å². The van der Waals surface area contributed by atoms with E-state index in [1.54, 1.807) is 0 Å². The highest BCUT2D eigenvalue weighted by molar-refractivity contribution is 5.81. The van der Waals surface area contributed by atoms with Crippen LogP contribution < -0.4 is 0 Å². The van der Waals surface area contributed by atoms with Crippen LogP contribution in [-0.4, -0.2) is 41.6 Å². The second-order valence-electron chi connectivity index (χ2n) is 9.56. The van der Waals surface area contributed by atoms with E-state index in [0.717, 1.165) is 62.0 Å². The topological polar surface area (TPSA) is 55.6 Å². The summed E-state index contributed by atoms with van der Waals surface area (Å²) >= 11 is 0. The van der Waals surface area contributed by atoms with E-state index in [1.165, 1.54) is 17.5 Å². The van der Waals surface area contributed by atoms with Gasteiger partial charge in [0.05, 0.1) is 0 Å². The number of nitrogens with zero attached hydrogens (tertiary/aromatic N) is 2. The number of hydrogen-bond acceptors (Lipinski definition) is 4. The molecule has 1 aliphatic carbocycles. The third kappa shape index (κ3) is 3.35. The first-order valence-electron chi connectivity index (χ1n) is 11.5. The van der Waals surface area contributed by atoms with Crippen molar-refractivity contribution < 1.29 is 13.9 Å². The summed E-state index contributed by atoms with van der Waals surface area (Å²) in [5.74, 6) is 1.49. The molecule has 1 aromatic heterocycles. The Labute approximate surface area is 182 Å². The molecule has 2 saturated heterocycles. The number of oxazole rings is 1. The van der Waals surface area contributed by atoms with Gasteiger partial charge in [-0.05, 0) is 85.8 Å². The third-order valence-corrected chi connectivity index (χ3v) is 7.57. The highest BCUT2D eigenvalue weighted by Crippen LogP contribution is 2.65. The van der Waals surface area contributed by atoms with Crippen LogP contribution >= 0.6 is 0 Å². The van der Waals surface area contributed by atoms with E-state index in [0.29, 0.717) is 17.2 Å². The smallest absolute Gasteiger partial charge is 0.251 e. The van der Waals surface area contributed by atoms with Crippen molar-refractivity contribution in [1.29, 1.82) is 0 Å². The van der Waals surface area contributed by atoms with E-state index in [4.69, 9.17) is 9.15 Å². The molecule has 160 valence electrons. The number of carbonyl (C=O) groups excluding carboxylic acids is 1. The number of likely N-dealkylation sites (tertiary alicyclic amines) is 1. The lowest BCUT2D eigenvalue weighted by atomic mass is 9.88. The minimum Gasteiger partial charge on any atom is -0.436 e. The summed E-state index contributed by atoms with van der Waals surface area (Å²) in [5, 5.41) is 0. The Bertz CT molecular complexity index is 1120. The number of hydrogen-bond donors (Lipinski definition) is 0. The molecule has 2 atom stereocenters. The molecule has 0 N–H and O–H groups in total. The van der Waals surface area contributed by atoms with Crippen molar-refractivity contribution in [1.82, 2.24) is 9.88 Å². The van der Waals surface area contributed by atoms with E-state index in [2.05, 4.69) is 42.2 Å². The van der Waals surface area contributed by atoms with Crippen LogP contribution in [0.3, 0.4) is 0 Å². The van der Waals surface area contributed by atoms with E-state index in [-0.39, 0.29) is 12.0 Å². The van der Waals surface area contributed by atoms with Crippen LogP contribution in [-0.2, 0) is 9.53 Å². The highest BCUT2D eigenvalue weighted by Gasteiger charge is 2.55. The molecule has 3 aliphatic rings. The lowest BCUT2D eigenvalue weighted by Gasteiger charge is -2.34. The number of ether oxygens (including phenoxy) is 1. The van der Waals surface area contributed by atoms with Gasteiger partial charge in [-0.25, -0.2) is 4.98 Å². The SMILES string of the molecule is Cc1ccc2nc(-c3ccc(C4CC45CCN(C(=O)C4CCCO4)CC5)cc3)oc2c1. The monoisotopic (exact) mass is 416 g/mol. The summed E-state index contributed by atoms with van der Waals surface area (Å²) in [6.45, 7) is 4.53. The number of piperidine rings is 1. The zero-order valence-corrected chi connectivity index (χ0v) is 18.0. The number of aromatic nitrogens is 1. The number of benzene rings is 2. The average molecular weight is 417 g/mol. The van der Waals surface area contributed by atoms with Crippen molar-refractivity contribution >= 4 is 17.0 Å². The molecule has 5 nitrogen and oxygen atoms in total. The molecule has 5 heteroatoms. The molecule has 2 unspecified atom stereocenters. The number of rotatable bonds is 3. The molecule has 0 radical (unpaired) electrons. The Balaban J connectivity index is 1.12. The number of fused-ring (bicyclic) bond motifs is 1. The van der Waals surface area contributed by atoms with Crippen LogP contribution in [0.5, 0.6) is 0 Å². The fourth-order valence-electron chi connectivity index (χ4n) is 5.53.